The van der Waals surface area contributed by atoms with Crippen molar-refractivity contribution in [2.75, 3.05) is 31.5 Å². The second-order valence-corrected chi connectivity index (χ2v) is 5.15. The fourth-order valence-corrected chi connectivity index (χ4v) is 2.32. The van der Waals surface area contributed by atoms with Crippen molar-refractivity contribution in [1.29, 1.82) is 0 Å². The van der Waals surface area contributed by atoms with Crippen LogP contribution in [0, 0.1) is 0 Å². The third-order valence-corrected chi connectivity index (χ3v) is 3.59. The Bertz CT molecular complexity index is 350. The van der Waals surface area contributed by atoms with Crippen molar-refractivity contribution in [2.24, 2.45) is 0 Å². The van der Waals surface area contributed by atoms with E-state index in [0.29, 0.717) is 10.0 Å². The molecule has 1 aromatic carbocycles. The number of nitrogens with zero attached hydrogens (tertiary/aromatic N) is 1. The van der Waals surface area contributed by atoms with Gasteiger partial charge in [-0.15, -0.1) is 0 Å². The Labute approximate surface area is 120 Å². The molecule has 1 N–H and O–H groups in total. The maximum absolute atomic E-state index is 6.12. The Morgan fingerprint density at radius 2 is 1.72 bits per heavy atom. The van der Waals surface area contributed by atoms with Gasteiger partial charge in [0.2, 0.25) is 0 Å². The Balaban J connectivity index is 2.42. The third-order valence-electron chi connectivity index (χ3n) is 2.77. The highest BCUT2D eigenvalue weighted by Crippen LogP contribution is 2.29. The molecule has 0 unspecified atom stereocenters. The molecule has 1 rings (SSSR count). The molecule has 0 atom stereocenters. The van der Waals surface area contributed by atoms with Gasteiger partial charge in [-0.3, -0.25) is 0 Å². The summed E-state index contributed by atoms with van der Waals surface area (Å²) in [5.74, 6) is 0. The molecule has 0 heterocycles. The van der Waals surface area contributed by atoms with E-state index >= 15 is 0 Å². The van der Waals surface area contributed by atoms with E-state index in [1.165, 1.54) is 12.8 Å². The highest BCUT2D eigenvalue weighted by atomic mass is 35.5. The van der Waals surface area contributed by atoms with E-state index in [1.54, 1.807) is 6.07 Å². The summed E-state index contributed by atoms with van der Waals surface area (Å²) in [7, 11) is 0. The quantitative estimate of drug-likeness (QED) is 0.756. The van der Waals surface area contributed by atoms with Gasteiger partial charge in [-0.2, -0.15) is 0 Å². The first-order valence-corrected chi connectivity index (χ1v) is 7.34. The van der Waals surface area contributed by atoms with Crippen molar-refractivity contribution < 1.29 is 0 Å². The van der Waals surface area contributed by atoms with Crippen LogP contribution in [0.2, 0.25) is 10.0 Å². The highest BCUT2D eigenvalue weighted by Gasteiger charge is 2.05. The van der Waals surface area contributed by atoms with E-state index in [1.807, 2.05) is 12.1 Å². The Hall–Kier alpha value is -0.440. The molecule has 0 aromatic heterocycles. The van der Waals surface area contributed by atoms with Crippen LogP contribution in [-0.2, 0) is 0 Å². The molecule has 102 valence electrons. The first-order valence-electron chi connectivity index (χ1n) is 6.59. The summed E-state index contributed by atoms with van der Waals surface area (Å²) in [6.07, 6.45) is 2.38. The molecule has 0 radical (unpaired) electrons. The average molecular weight is 289 g/mol. The SMILES string of the molecule is CCCN(CCC)CCNc1cccc(Cl)c1Cl. The van der Waals surface area contributed by atoms with E-state index in [-0.39, 0.29) is 0 Å². The van der Waals surface area contributed by atoms with Gasteiger partial charge in [0.1, 0.15) is 0 Å². The van der Waals surface area contributed by atoms with Crippen LogP contribution >= 0.6 is 23.2 Å². The lowest BCUT2D eigenvalue weighted by Crippen LogP contribution is -2.30. The summed E-state index contributed by atoms with van der Waals surface area (Å²) >= 11 is 12.1. The zero-order chi connectivity index (χ0) is 13.4. The van der Waals surface area contributed by atoms with E-state index in [0.717, 1.165) is 31.9 Å². The summed E-state index contributed by atoms with van der Waals surface area (Å²) in [4.78, 5) is 2.46. The molecular weight excluding hydrogens is 267 g/mol. The average Bonchev–Trinajstić information content (AvgIpc) is 2.35. The highest BCUT2D eigenvalue weighted by molar-refractivity contribution is 6.43. The van der Waals surface area contributed by atoms with Crippen LogP contribution < -0.4 is 5.32 Å². The molecule has 0 bridgehead atoms. The lowest BCUT2D eigenvalue weighted by Gasteiger charge is -2.21. The van der Waals surface area contributed by atoms with Crippen molar-refractivity contribution in [1.82, 2.24) is 4.90 Å². The van der Waals surface area contributed by atoms with Gasteiger partial charge in [-0.1, -0.05) is 43.1 Å². The standard InChI is InChI=1S/C14H22Cl2N2/c1-3-9-18(10-4-2)11-8-17-13-7-5-6-12(15)14(13)16/h5-7,17H,3-4,8-11H2,1-2H3. The fraction of sp³-hybridized carbons (Fsp3) is 0.571. The van der Waals surface area contributed by atoms with E-state index in [9.17, 15) is 0 Å². The Morgan fingerprint density at radius 3 is 2.33 bits per heavy atom. The second-order valence-electron chi connectivity index (χ2n) is 4.37. The molecule has 0 aliphatic heterocycles. The maximum atomic E-state index is 6.12. The van der Waals surface area contributed by atoms with Crippen molar-refractivity contribution in [3.8, 4) is 0 Å². The molecule has 0 aliphatic carbocycles. The summed E-state index contributed by atoms with van der Waals surface area (Å²) < 4.78 is 0. The predicted molar refractivity (Wildman–Crippen MR) is 82.0 cm³/mol. The molecule has 2 nitrogen and oxygen atoms in total. The molecule has 4 heteroatoms. The molecule has 0 amide bonds. The topological polar surface area (TPSA) is 15.3 Å². The molecule has 0 saturated heterocycles. The molecule has 0 spiro atoms. The molecule has 0 saturated carbocycles. The Kier molecular flexibility index (Phi) is 7.48. The van der Waals surface area contributed by atoms with Crippen LogP contribution in [-0.4, -0.2) is 31.1 Å². The van der Waals surface area contributed by atoms with Gasteiger partial charge in [0.15, 0.2) is 0 Å². The first kappa shape index (κ1) is 15.6. The maximum Gasteiger partial charge on any atom is 0.0823 e. The van der Waals surface area contributed by atoms with Crippen molar-refractivity contribution in [2.45, 2.75) is 26.7 Å². The number of nitrogens with one attached hydrogen (secondary N) is 1. The monoisotopic (exact) mass is 288 g/mol. The van der Waals surface area contributed by atoms with Gasteiger partial charge >= 0.3 is 0 Å². The van der Waals surface area contributed by atoms with Crippen LogP contribution in [0.1, 0.15) is 26.7 Å². The van der Waals surface area contributed by atoms with Gasteiger partial charge in [0.25, 0.3) is 0 Å². The summed E-state index contributed by atoms with van der Waals surface area (Å²) in [5, 5.41) is 4.55. The van der Waals surface area contributed by atoms with Gasteiger partial charge in [-0.25, -0.2) is 0 Å². The number of benzene rings is 1. The molecule has 0 aliphatic rings. The van der Waals surface area contributed by atoms with E-state index < -0.39 is 0 Å². The smallest absolute Gasteiger partial charge is 0.0823 e. The van der Waals surface area contributed by atoms with Crippen molar-refractivity contribution in [3.05, 3.63) is 28.2 Å². The zero-order valence-corrected chi connectivity index (χ0v) is 12.7. The van der Waals surface area contributed by atoms with Crippen molar-refractivity contribution >= 4 is 28.9 Å². The number of rotatable bonds is 8. The van der Waals surface area contributed by atoms with Gasteiger partial charge < -0.3 is 10.2 Å². The van der Waals surface area contributed by atoms with Gasteiger partial charge in [0.05, 0.1) is 15.7 Å². The van der Waals surface area contributed by atoms with Gasteiger partial charge in [-0.05, 0) is 38.1 Å². The lowest BCUT2D eigenvalue weighted by atomic mass is 10.3. The molecule has 0 fully saturated rings. The number of anilines is 1. The van der Waals surface area contributed by atoms with Crippen LogP contribution in [0.5, 0.6) is 0 Å². The second kappa shape index (κ2) is 8.63. The van der Waals surface area contributed by atoms with Crippen LogP contribution in [0.3, 0.4) is 0 Å². The van der Waals surface area contributed by atoms with E-state index in [2.05, 4.69) is 24.1 Å². The van der Waals surface area contributed by atoms with Crippen LogP contribution in [0.15, 0.2) is 18.2 Å². The Morgan fingerprint density at radius 1 is 1.06 bits per heavy atom. The molecule has 1 aromatic rings. The van der Waals surface area contributed by atoms with Crippen LogP contribution in [0.25, 0.3) is 0 Å². The predicted octanol–water partition coefficient (Wildman–Crippen LogP) is 4.53. The van der Waals surface area contributed by atoms with E-state index in [4.69, 9.17) is 23.2 Å². The minimum absolute atomic E-state index is 0.598. The summed E-state index contributed by atoms with van der Waals surface area (Å²) in [6, 6.07) is 5.67. The third kappa shape index (κ3) is 5.05. The largest absolute Gasteiger partial charge is 0.383 e. The summed E-state index contributed by atoms with van der Waals surface area (Å²) in [5.41, 5.74) is 0.914. The number of hydrogen-bond acceptors (Lipinski definition) is 2. The normalized spacial score (nSPS) is 10.9. The number of halogens is 2. The van der Waals surface area contributed by atoms with Crippen LogP contribution in [0.4, 0.5) is 5.69 Å². The molecule has 18 heavy (non-hydrogen) atoms. The number of hydrogen-bond donors (Lipinski definition) is 1. The van der Waals surface area contributed by atoms with Crippen molar-refractivity contribution in [3.63, 3.8) is 0 Å². The fourth-order valence-electron chi connectivity index (χ4n) is 1.96. The summed E-state index contributed by atoms with van der Waals surface area (Å²) in [6.45, 7) is 8.65. The minimum Gasteiger partial charge on any atom is -0.383 e. The minimum atomic E-state index is 0.598. The molecular formula is C14H22Cl2N2. The van der Waals surface area contributed by atoms with Gasteiger partial charge in [0, 0.05) is 13.1 Å². The first-order chi connectivity index (χ1) is 8.69. The zero-order valence-electron chi connectivity index (χ0n) is 11.2. The lowest BCUT2D eigenvalue weighted by molar-refractivity contribution is 0.285.